The standard InChI is InChI=1S/C19H32N2/c1-5-10-16-11-9-12-17(15-16)18(20-6-2)19(3,4)21-13-7-8-14-21/h9,11-12,15,18,20H,5-8,10,13-14H2,1-4H3. The molecule has 0 spiro atoms. The zero-order chi connectivity index (χ0) is 15.3. The first-order chi connectivity index (χ1) is 10.1. The first kappa shape index (κ1) is 16.5. The number of benzene rings is 1. The molecule has 1 heterocycles. The predicted molar refractivity (Wildman–Crippen MR) is 91.7 cm³/mol. The molecule has 1 aromatic carbocycles. The Morgan fingerprint density at radius 1 is 1.19 bits per heavy atom. The second-order valence-corrected chi connectivity index (χ2v) is 6.83. The van der Waals surface area contributed by atoms with Gasteiger partial charge in [0, 0.05) is 5.54 Å². The van der Waals surface area contributed by atoms with E-state index in [-0.39, 0.29) is 5.54 Å². The van der Waals surface area contributed by atoms with Gasteiger partial charge in [-0.05, 0) is 63.9 Å². The number of aryl methyl sites for hydroxylation is 1. The van der Waals surface area contributed by atoms with Gasteiger partial charge in [-0.2, -0.15) is 0 Å². The fraction of sp³-hybridized carbons (Fsp3) is 0.684. The quantitative estimate of drug-likeness (QED) is 0.810. The van der Waals surface area contributed by atoms with Gasteiger partial charge in [-0.15, -0.1) is 0 Å². The largest absolute Gasteiger partial charge is 0.309 e. The lowest BCUT2D eigenvalue weighted by atomic mass is 9.86. The molecule has 0 aliphatic carbocycles. The molecule has 118 valence electrons. The van der Waals surface area contributed by atoms with Crippen LogP contribution in [0.2, 0.25) is 0 Å². The first-order valence-corrected chi connectivity index (χ1v) is 8.66. The zero-order valence-corrected chi connectivity index (χ0v) is 14.3. The molecule has 1 aromatic rings. The van der Waals surface area contributed by atoms with Crippen molar-refractivity contribution in [2.45, 2.75) is 65.0 Å². The lowest BCUT2D eigenvalue weighted by molar-refractivity contribution is 0.107. The summed E-state index contributed by atoms with van der Waals surface area (Å²) in [5.74, 6) is 0. The summed E-state index contributed by atoms with van der Waals surface area (Å²) < 4.78 is 0. The van der Waals surface area contributed by atoms with Gasteiger partial charge in [0.25, 0.3) is 0 Å². The molecule has 0 bridgehead atoms. The number of rotatable bonds is 7. The van der Waals surface area contributed by atoms with Crippen LogP contribution in [0, 0.1) is 0 Å². The van der Waals surface area contributed by atoms with Gasteiger partial charge in [0.2, 0.25) is 0 Å². The maximum atomic E-state index is 3.74. The Morgan fingerprint density at radius 2 is 1.90 bits per heavy atom. The Balaban J connectivity index is 2.26. The summed E-state index contributed by atoms with van der Waals surface area (Å²) in [5.41, 5.74) is 3.08. The molecule has 1 unspecified atom stereocenters. The van der Waals surface area contributed by atoms with Crippen molar-refractivity contribution in [3.63, 3.8) is 0 Å². The van der Waals surface area contributed by atoms with Crippen molar-refractivity contribution in [1.29, 1.82) is 0 Å². The normalized spacial score (nSPS) is 18.1. The molecule has 0 amide bonds. The second-order valence-electron chi connectivity index (χ2n) is 6.83. The molecular formula is C19H32N2. The van der Waals surface area contributed by atoms with Gasteiger partial charge < -0.3 is 5.32 Å². The molecule has 21 heavy (non-hydrogen) atoms. The minimum atomic E-state index is 0.164. The van der Waals surface area contributed by atoms with Crippen molar-refractivity contribution >= 4 is 0 Å². The van der Waals surface area contributed by atoms with Gasteiger partial charge in [-0.25, -0.2) is 0 Å². The summed E-state index contributed by atoms with van der Waals surface area (Å²) in [7, 11) is 0. The lowest BCUT2D eigenvalue weighted by Gasteiger charge is -2.43. The highest BCUT2D eigenvalue weighted by atomic mass is 15.2. The van der Waals surface area contributed by atoms with Gasteiger partial charge in [-0.3, -0.25) is 4.90 Å². The van der Waals surface area contributed by atoms with E-state index >= 15 is 0 Å². The molecule has 0 radical (unpaired) electrons. The Hall–Kier alpha value is -0.860. The van der Waals surface area contributed by atoms with E-state index in [9.17, 15) is 0 Å². The topological polar surface area (TPSA) is 15.3 Å². The SMILES string of the molecule is CCCc1cccc(C(NCC)C(C)(C)N2CCCC2)c1. The summed E-state index contributed by atoms with van der Waals surface area (Å²) >= 11 is 0. The third-order valence-electron chi connectivity index (χ3n) is 4.86. The van der Waals surface area contributed by atoms with Gasteiger partial charge in [0.1, 0.15) is 0 Å². The van der Waals surface area contributed by atoms with E-state index in [0.29, 0.717) is 6.04 Å². The van der Waals surface area contributed by atoms with Gasteiger partial charge in [0.05, 0.1) is 6.04 Å². The third kappa shape index (κ3) is 3.87. The van der Waals surface area contributed by atoms with E-state index in [2.05, 4.69) is 62.2 Å². The Labute approximate surface area is 130 Å². The Bertz CT molecular complexity index is 433. The molecule has 1 saturated heterocycles. The van der Waals surface area contributed by atoms with Crippen LogP contribution in [-0.4, -0.2) is 30.1 Å². The number of nitrogens with one attached hydrogen (secondary N) is 1. The lowest BCUT2D eigenvalue weighted by Crippen LogP contribution is -2.51. The summed E-state index contributed by atoms with van der Waals surface area (Å²) in [4.78, 5) is 2.66. The van der Waals surface area contributed by atoms with Crippen molar-refractivity contribution < 1.29 is 0 Å². The smallest absolute Gasteiger partial charge is 0.0501 e. The number of nitrogens with zero attached hydrogens (tertiary/aromatic N) is 1. The van der Waals surface area contributed by atoms with Crippen LogP contribution in [0.3, 0.4) is 0 Å². The third-order valence-corrected chi connectivity index (χ3v) is 4.86. The molecule has 1 aliphatic heterocycles. The number of likely N-dealkylation sites (tertiary alicyclic amines) is 1. The van der Waals surface area contributed by atoms with Crippen molar-refractivity contribution in [2.24, 2.45) is 0 Å². The molecule has 2 heteroatoms. The average Bonchev–Trinajstić information content (AvgIpc) is 3.00. The highest BCUT2D eigenvalue weighted by Gasteiger charge is 2.37. The fourth-order valence-electron chi connectivity index (χ4n) is 3.67. The molecule has 1 fully saturated rings. The number of likely N-dealkylation sites (N-methyl/N-ethyl adjacent to an activating group) is 1. The minimum Gasteiger partial charge on any atom is -0.309 e. The van der Waals surface area contributed by atoms with Gasteiger partial charge in [-0.1, -0.05) is 44.5 Å². The Morgan fingerprint density at radius 3 is 2.52 bits per heavy atom. The first-order valence-electron chi connectivity index (χ1n) is 8.66. The molecule has 2 nitrogen and oxygen atoms in total. The van der Waals surface area contributed by atoms with E-state index in [1.165, 1.54) is 49.9 Å². The predicted octanol–water partition coefficient (Wildman–Crippen LogP) is 4.16. The Kier molecular flexibility index (Phi) is 5.83. The van der Waals surface area contributed by atoms with Crippen molar-refractivity contribution in [3.8, 4) is 0 Å². The van der Waals surface area contributed by atoms with Crippen LogP contribution >= 0.6 is 0 Å². The van der Waals surface area contributed by atoms with Crippen molar-refractivity contribution in [2.75, 3.05) is 19.6 Å². The van der Waals surface area contributed by atoms with Crippen LogP contribution in [-0.2, 0) is 6.42 Å². The zero-order valence-electron chi connectivity index (χ0n) is 14.3. The average molecular weight is 288 g/mol. The molecule has 0 saturated carbocycles. The summed E-state index contributed by atoms with van der Waals surface area (Å²) in [6.45, 7) is 12.8. The number of hydrogen-bond donors (Lipinski definition) is 1. The maximum absolute atomic E-state index is 3.74. The molecule has 1 N–H and O–H groups in total. The molecular weight excluding hydrogens is 256 g/mol. The van der Waals surface area contributed by atoms with E-state index in [4.69, 9.17) is 0 Å². The van der Waals surface area contributed by atoms with E-state index in [0.717, 1.165) is 6.54 Å². The van der Waals surface area contributed by atoms with Gasteiger partial charge in [0.15, 0.2) is 0 Å². The van der Waals surface area contributed by atoms with Crippen LogP contribution in [0.25, 0.3) is 0 Å². The van der Waals surface area contributed by atoms with E-state index in [1.54, 1.807) is 0 Å². The van der Waals surface area contributed by atoms with Crippen LogP contribution in [0.4, 0.5) is 0 Å². The van der Waals surface area contributed by atoms with Crippen molar-refractivity contribution in [1.82, 2.24) is 10.2 Å². The molecule has 1 aliphatic rings. The monoisotopic (exact) mass is 288 g/mol. The molecule has 1 atom stereocenters. The summed E-state index contributed by atoms with van der Waals surface area (Å²) in [6, 6.07) is 9.60. The van der Waals surface area contributed by atoms with Crippen LogP contribution < -0.4 is 5.32 Å². The minimum absolute atomic E-state index is 0.164. The van der Waals surface area contributed by atoms with E-state index in [1.807, 2.05) is 0 Å². The second kappa shape index (κ2) is 7.42. The maximum Gasteiger partial charge on any atom is 0.0501 e. The van der Waals surface area contributed by atoms with Crippen LogP contribution in [0.15, 0.2) is 24.3 Å². The fourth-order valence-corrected chi connectivity index (χ4v) is 3.67. The van der Waals surface area contributed by atoms with E-state index < -0.39 is 0 Å². The highest BCUT2D eigenvalue weighted by Crippen LogP contribution is 2.34. The van der Waals surface area contributed by atoms with Crippen molar-refractivity contribution in [3.05, 3.63) is 35.4 Å². The van der Waals surface area contributed by atoms with Crippen LogP contribution in [0.5, 0.6) is 0 Å². The number of hydrogen-bond acceptors (Lipinski definition) is 2. The van der Waals surface area contributed by atoms with Gasteiger partial charge >= 0.3 is 0 Å². The summed E-state index contributed by atoms with van der Waals surface area (Å²) in [5, 5.41) is 3.74. The summed E-state index contributed by atoms with van der Waals surface area (Å²) in [6.07, 6.45) is 5.08. The molecule has 0 aromatic heterocycles. The van der Waals surface area contributed by atoms with Crippen LogP contribution in [0.1, 0.15) is 64.1 Å². The highest BCUT2D eigenvalue weighted by molar-refractivity contribution is 5.28. The molecule has 2 rings (SSSR count).